The SMILES string of the molecule is CCC(CC)n1cnc2c(-c3ccc(N)nc3)nc(N3CCOCC3)nc21. The lowest BCUT2D eigenvalue weighted by atomic mass is 10.1. The lowest BCUT2D eigenvalue weighted by molar-refractivity contribution is 0.122. The number of pyridine rings is 1. The highest BCUT2D eigenvalue weighted by atomic mass is 16.5. The van der Waals surface area contributed by atoms with Gasteiger partial charge in [-0.15, -0.1) is 0 Å². The van der Waals surface area contributed by atoms with E-state index in [2.05, 4.69) is 33.3 Å². The number of ether oxygens (including phenoxy) is 1. The summed E-state index contributed by atoms with van der Waals surface area (Å²) in [5, 5.41) is 0. The van der Waals surface area contributed by atoms with E-state index in [9.17, 15) is 0 Å². The summed E-state index contributed by atoms with van der Waals surface area (Å²) in [6.45, 7) is 7.32. The Morgan fingerprint density at radius 3 is 2.56 bits per heavy atom. The van der Waals surface area contributed by atoms with Crippen LogP contribution in [0.5, 0.6) is 0 Å². The summed E-state index contributed by atoms with van der Waals surface area (Å²) in [6, 6.07) is 4.08. The van der Waals surface area contributed by atoms with Gasteiger partial charge in [-0.3, -0.25) is 0 Å². The Balaban J connectivity index is 1.90. The predicted octanol–water partition coefficient (Wildman–Crippen LogP) is 2.67. The zero-order valence-electron chi connectivity index (χ0n) is 15.8. The van der Waals surface area contributed by atoms with Crippen LogP contribution in [-0.2, 0) is 4.74 Å². The predicted molar refractivity (Wildman–Crippen MR) is 106 cm³/mol. The average molecular weight is 367 g/mol. The molecule has 0 spiro atoms. The molecule has 3 aromatic rings. The summed E-state index contributed by atoms with van der Waals surface area (Å²) in [5.74, 6) is 1.20. The van der Waals surface area contributed by atoms with Crippen LogP contribution in [0.25, 0.3) is 22.4 Å². The summed E-state index contributed by atoms with van der Waals surface area (Å²) in [7, 11) is 0. The normalized spacial score (nSPS) is 15.0. The van der Waals surface area contributed by atoms with Crippen molar-refractivity contribution in [2.75, 3.05) is 36.9 Å². The van der Waals surface area contributed by atoms with E-state index in [4.69, 9.17) is 20.4 Å². The van der Waals surface area contributed by atoms with Crippen molar-refractivity contribution in [3.63, 3.8) is 0 Å². The number of hydrogen-bond acceptors (Lipinski definition) is 7. The smallest absolute Gasteiger partial charge is 0.228 e. The van der Waals surface area contributed by atoms with Gasteiger partial charge in [-0.25, -0.2) is 15.0 Å². The van der Waals surface area contributed by atoms with Gasteiger partial charge in [-0.05, 0) is 25.0 Å². The number of morpholine rings is 1. The fraction of sp³-hybridized carbons (Fsp3) is 0.474. The first kappa shape index (κ1) is 17.7. The van der Waals surface area contributed by atoms with Crippen molar-refractivity contribution in [1.82, 2.24) is 24.5 Å². The highest BCUT2D eigenvalue weighted by molar-refractivity contribution is 5.88. The zero-order valence-corrected chi connectivity index (χ0v) is 15.8. The molecule has 27 heavy (non-hydrogen) atoms. The van der Waals surface area contributed by atoms with Crippen LogP contribution in [0.15, 0.2) is 24.7 Å². The van der Waals surface area contributed by atoms with E-state index in [0.29, 0.717) is 31.0 Å². The van der Waals surface area contributed by atoms with Gasteiger partial charge in [0.2, 0.25) is 5.95 Å². The monoisotopic (exact) mass is 367 g/mol. The minimum Gasteiger partial charge on any atom is -0.384 e. The summed E-state index contributed by atoms with van der Waals surface area (Å²) < 4.78 is 7.66. The summed E-state index contributed by atoms with van der Waals surface area (Å²) >= 11 is 0. The van der Waals surface area contributed by atoms with Crippen LogP contribution in [0.3, 0.4) is 0 Å². The molecule has 3 aromatic heterocycles. The van der Waals surface area contributed by atoms with Crippen LogP contribution in [0.4, 0.5) is 11.8 Å². The topological polar surface area (TPSA) is 95.0 Å². The summed E-state index contributed by atoms with van der Waals surface area (Å²) in [6.07, 6.45) is 5.68. The second kappa shape index (κ2) is 7.48. The summed E-state index contributed by atoms with van der Waals surface area (Å²) in [4.78, 5) is 20.8. The Morgan fingerprint density at radius 1 is 1.11 bits per heavy atom. The number of anilines is 2. The third kappa shape index (κ3) is 3.32. The number of nitrogens with zero attached hydrogens (tertiary/aromatic N) is 6. The molecular formula is C19H25N7O. The molecule has 0 unspecified atom stereocenters. The fourth-order valence-electron chi connectivity index (χ4n) is 3.51. The molecule has 0 amide bonds. The van der Waals surface area contributed by atoms with E-state index < -0.39 is 0 Å². The van der Waals surface area contributed by atoms with Gasteiger partial charge in [0.15, 0.2) is 5.65 Å². The Hall–Kier alpha value is -2.74. The van der Waals surface area contributed by atoms with E-state index in [1.807, 2.05) is 12.4 Å². The second-order valence-corrected chi connectivity index (χ2v) is 6.74. The van der Waals surface area contributed by atoms with Crippen molar-refractivity contribution < 1.29 is 4.74 Å². The third-order valence-electron chi connectivity index (χ3n) is 5.10. The molecule has 2 N–H and O–H groups in total. The van der Waals surface area contributed by atoms with Crippen LogP contribution in [-0.4, -0.2) is 50.8 Å². The Morgan fingerprint density at radius 2 is 1.89 bits per heavy atom. The average Bonchev–Trinajstić information content (AvgIpc) is 3.14. The largest absolute Gasteiger partial charge is 0.384 e. The van der Waals surface area contributed by atoms with Crippen LogP contribution in [0, 0.1) is 0 Å². The number of aromatic nitrogens is 5. The molecule has 0 radical (unpaired) electrons. The Kier molecular flexibility index (Phi) is 4.89. The molecule has 0 bridgehead atoms. The van der Waals surface area contributed by atoms with Crippen molar-refractivity contribution in [2.45, 2.75) is 32.7 Å². The van der Waals surface area contributed by atoms with E-state index in [-0.39, 0.29) is 0 Å². The minimum atomic E-state index is 0.361. The maximum absolute atomic E-state index is 5.76. The molecule has 4 rings (SSSR count). The maximum atomic E-state index is 5.76. The van der Waals surface area contributed by atoms with E-state index in [0.717, 1.165) is 48.4 Å². The number of rotatable bonds is 5. The molecule has 142 valence electrons. The van der Waals surface area contributed by atoms with E-state index in [1.165, 1.54) is 0 Å². The van der Waals surface area contributed by atoms with Gasteiger partial charge < -0.3 is 19.9 Å². The fourth-order valence-corrected chi connectivity index (χ4v) is 3.51. The van der Waals surface area contributed by atoms with Crippen molar-refractivity contribution in [2.24, 2.45) is 0 Å². The number of imidazole rings is 1. The molecule has 4 heterocycles. The van der Waals surface area contributed by atoms with Crippen LogP contribution < -0.4 is 10.6 Å². The number of nitrogen functional groups attached to an aromatic ring is 1. The van der Waals surface area contributed by atoms with E-state index >= 15 is 0 Å². The molecule has 8 heteroatoms. The van der Waals surface area contributed by atoms with Gasteiger partial charge in [0, 0.05) is 30.9 Å². The Bertz CT molecular complexity index is 912. The quantitative estimate of drug-likeness (QED) is 0.741. The highest BCUT2D eigenvalue weighted by Gasteiger charge is 2.21. The first-order valence-corrected chi connectivity index (χ1v) is 9.50. The molecule has 1 aliphatic heterocycles. The van der Waals surface area contributed by atoms with Gasteiger partial charge in [-0.2, -0.15) is 4.98 Å². The molecular weight excluding hydrogens is 342 g/mol. The van der Waals surface area contributed by atoms with Crippen LogP contribution >= 0.6 is 0 Å². The van der Waals surface area contributed by atoms with E-state index in [1.54, 1.807) is 12.3 Å². The molecule has 1 aliphatic rings. The molecule has 0 aromatic carbocycles. The molecule has 0 saturated carbocycles. The molecule has 1 saturated heterocycles. The standard InChI is InChI=1S/C19H25N7O/c1-3-14(4-2)26-12-22-17-16(13-5-6-15(20)21-11-13)23-19(24-18(17)26)25-7-9-27-10-8-25/h5-6,11-12,14H,3-4,7-10H2,1-2H3,(H2,20,21). The second-order valence-electron chi connectivity index (χ2n) is 6.74. The van der Waals surface area contributed by atoms with Gasteiger partial charge >= 0.3 is 0 Å². The lowest BCUT2D eigenvalue weighted by Gasteiger charge is -2.27. The van der Waals surface area contributed by atoms with Crippen LogP contribution in [0.1, 0.15) is 32.7 Å². The van der Waals surface area contributed by atoms with Crippen LogP contribution in [0.2, 0.25) is 0 Å². The first-order chi connectivity index (χ1) is 13.2. The minimum absolute atomic E-state index is 0.361. The van der Waals surface area contributed by atoms with Crippen molar-refractivity contribution in [3.05, 3.63) is 24.7 Å². The first-order valence-electron chi connectivity index (χ1n) is 9.50. The Labute approximate surface area is 158 Å². The van der Waals surface area contributed by atoms with Gasteiger partial charge in [0.1, 0.15) is 17.0 Å². The van der Waals surface area contributed by atoms with Gasteiger partial charge in [0.25, 0.3) is 0 Å². The molecule has 0 aliphatic carbocycles. The number of hydrogen-bond donors (Lipinski definition) is 1. The number of fused-ring (bicyclic) bond motifs is 1. The van der Waals surface area contributed by atoms with Gasteiger partial charge in [0.05, 0.1) is 19.5 Å². The third-order valence-corrected chi connectivity index (χ3v) is 5.10. The van der Waals surface area contributed by atoms with Crippen molar-refractivity contribution in [3.8, 4) is 11.3 Å². The maximum Gasteiger partial charge on any atom is 0.228 e. The summed E-state index contributed by atoms with van der Waals surface area (Å²) in [5.41, 5.74) is 9.10. The highest BCUT2D eigenvalue weighted by Crippen LogP contribution is 2.30. The molecule has 1 fully saturated rings. The van der Waals surface area contributed by atoms with Gasteiger partial charge in [-0.1, -0.05) is 13.8 Å². The zero-order chi connectivity index (χ0) is 18.8. The molecule has 0 atom stereocenters. The number of nitrogens with two attached hydrogens (primary N) is 1. The lowest BCUT2D eigenvalue weighted by Crippen LogP contribution is -2.37. The van der Waals surface area contributed by atoms with Crippen molar-refractivity contribution in [1.29, 1.82) is 0 Å². The molecule has 8 nitrogen and oxygen atoms in total. The van der Waals surface area contributed by atoms with Crippen molar-refractivity contribution >= 4 is 22.9 Å².